The van der Waals surface area contributed by atoms with Gasteiger partial charge in [0.25, 0.3) is 0 Å². The van der Waals surface area contributed by atoms with E-state index < -0.39 is 11.3 Å². The van der Waals surface area contributed by atoms with E-state index in [0.717, 1.165) is 18.5 Å². The maximum atomic E-state index is 13.7. The van der Waals surface area contributed by atoms with Gasteiger partial charge in [0.2, 0.25) is 0 Å². The minimum Gasteiger partial charge on any atom is -0.297 e. The van der Waals surface area contributed by atoms with Gasteiger partial charge in [0, 0.05) is 11.1 Å². The van der Waals surface area contributed by atoms with Crippen molar-refractivity contribution in [2.45, 2.75) is 43.9 Å². The number of carbonyl (C=O) groups excluding carboxylic acids is 1. The second kappa shape index (κ2) is 6.21. The smallest absolute Gasteiger partial charge is 0.167 e. The van der Waals surface area contributed by atoms with Gasteiger partial charge in [-0.2, -0.15) is 5.26 Å². The number of carbonyl (C=O) groups is 1. The Hall–Kier alpha value is -2.06. The second-order valence-electron chi connectivity index (χ2n) is 6.05. The SMILES string of the molecule is Cc1csc(C(C#N)C(=O)C2(c3cccc(F)c3)CCCC2)n1. The first-order valence-corrected chi connectivity index (χ1v) is 8.57. The van der Waals surface area contributed by atoms with Gasteiger partial charge in [-0.1, -0.05) is 25.0 Å². The number of nitrogens with zero attached hydrogens (tertiary/aromatic N) is 2. The van der Waals surface area contributed by atoms with E-state index in [9.17, 15) is 14.4 Å². The number of thiazole rings is 1. The number of Topliss-reactive ketones (excluding diaryl/α,β-unsaturated/α-hetero) is 1. The van der Waals surface area contributed by atoms with Crippen LogP contribution in [0.3, 0.4) is 0 Å². The van der Waals surface area contributed by atoms with Crippen LogP contribution in [0.4, 0.5) is 4.39 Å². The maximum Gasteiger partial charge on any atom is 0.167 e. The number of rotatable bonds is 4. The van der Waals surface area contributed by atoms with Crippen molar-refractivity contribution in [3.05, 3.63) is 51.7 Å². The van der Waals surface area contributed by atoms with E-state index in [1.54, 1.807) is 12.1 Å². The fourth-order valence-corrected chi connectivity index (χ4v) is 4.29. The number of ketones is 1. The number of hydrogen-bond acceptors (Lipinski definition) is 4. The topological polar surface area (TPSA) is 53.8 Å². The fraction of sp³-hybridized carbons (Fsp3) is 0.389. The molecule has 1 aromatic heterocycles. The summed E-state index contributed by atoms with van der Waals surface area (Å²) < 4.78 is 13.7. The number of aromatic nitrogens is 1. The molecule has 1 atom stereocenters. The third kappa shape index (κ3) is 2.79. The molecule has 0 amide bonds. The van der Waals surface area contributed by atoms with Crippen LogP contribution < -0.4 is 0 Å². The summed E-state index contributed by atoms with van der Waals surface area (Å²) in [6.07, 6.45) is 3.16. The molecule has 5 heteroatoms. The largest absolute Gasteiger partial charge is 0.297 e. The highest BCUT2D eigenvalue weighted by molar-refractivity contribution is 7.09. The first kappa shape index (κ1) is 15.8. The fourth-order valence-electron chi connectivity index (χ4n) is 3.45. The molecule has 2 aromatic rings. The molecule has 1 aliphatic rings. The molecular formula is C18H17FN2OS. The molecule has 1 saturated carbocycles. The molecule has 0 radical (unpaired) electrons. The molecule has 3 rings (SSSR count). The van der Waals surface area contributed by atoms with Gasteiger partial charge < -0.3 is 0 Å². The van der Waals surface area contributed by atoms with Crippen molar-refractivity contribution < 1.29 is 9.18 Å². The third-order valence-corrected chi connectivity index (χ3v) is 5.61. The Kier molecular flexibility index (Phi) is 4.27. The average molecular weight is 328 g/mol. The Morgan fingerprint density at radius 2 is 2.17 bits per heavy atom. The van der Waals surface area contributed by atoms with Gasteiger partial charge in [-0.25, -0.2) is 9.37 Å². The normalized spacial score (nSPS) is 17.6. The highest BCUT2D eigenvalue weighted by Crippen LogP contribution is 2.45. The zero-order chi connectivity index (χ0) is 16.4. The van der Waals surface area contributed by atoms with Crippen LogP contribution in [0.15, 0.2) is 29.6 Å². The first-order chi connectivity index (χ1) is 11.1. The van der Waals surface area contributed by atoms with Crippen molar-refractivity contribution >= 4 is 17.1 Å². The van der Waals surface area contributed by atoms with Gasteiger partial charge in [0.15, 0.2) is 11.7 Å². The zero-order valence-corrected chi connectivity index (χ0v) is 13.7. The number of nitriles is 1. The van der Waals surface area contributed by atoms with Crippen LogP contribution in [0, 0.1) is 24.1 Å². The molecule has 0 saturated heterocycles. The second-order valence-corrected chi connectivity index (χ2v) is 6.94. The lowest BCUT2D eigenvalue weighted by atomic mass is 9.71. The predicted octanol–water partition coefficient (Wildman–Crippen LogP) is 4.28. The molecule has 0 spiro atoms. The average Bonchev–Trinajstić information content (AvgIpc) is 3.18. The van der Waals surface area contributed by atoms with Crippen molar-refractivity contribution in [2.24, 2.45) is 0 Å². The maximum absolute atomic E-state index is 13.7. The summed E-state index contributed by atoms with van der Waals surface area (Å²) >= 11 is 1.34. The minimum absolute atomic E-state index is 0.141. The van der Waals surface area contributed by atoms with Crippen molar-refractivity contribution in [2.75, 3.05) is 0 Å². The Morgan fingerprint density at radius 3 is 2.74 bits per heavy atom. The summed E-state index contributed by atoms with van der Waals surface area (Å²) in [5.41, 5.74) is 0.736. The highest BCUT2D eigenvalue weighted by Gasteiger charge is 2.46. The number of hydrogen-bond donors (Lipinski definition) is 0. The molecule has 23 heavy (non-hydrogen) atoms. The van der Waals surface area contributed by atoms with Gasteiger partial charge in [0.05, 0.1) is 11.5 Å². The van der Waals surface area contributed by atoms with E-state index in [4.69, 9.17) is 0 Å². The zero-order valence-electron chi connectivity index (χ0n) is 12.9. The van der Waals surface area contributed by atoms with Crippen LogP contribution >= 0.6 is 11.3 Å². The quantitative estimate of drug-likeness (QED) is 0.842. The van der Waals surface area contributed by atoms with Crippen LogP contribution in [0.2, 0.25) is 0 Å². The van der Waals surface area contributed by atoms with Crippen LogP contribution in [-0.2, 0) is 10.2 Å². The molecule has 1 aromatic carbocycles. The molecule has 3 nitrogen and oxygen atoms in total. The van der Waals surface area contributed by atoms with Gasteiger partial charge >= 0.3 is 0 Å². The standard InChI is InChI=1S/C18H17FN2OS/c1-12-11-23-17(21-12)15(10-20)16(22)18(7-2-3-8-18)13-5-4-6-14(19)9-13/h4-6,9,11,15H,2-3,7-8H2,1H3. The third-order valence-electron chi connectivity index (χ3n) is 4.58. The minimum atomic E-state index is -0.880. The van der Waals surface area contributed by atoms with Crippen molar-refractivity contribution in [1.29, 1.82) is 5.26 Å². The molecule has 0 bridgehead atoms. The molecule has 0 N–H and O–H groups in total. The van der Waals surface area contributed by atoms with Crippen molar-refractivity contribution in [3.8, 4) is 6.07 Å². The molecule has 0 aliphatic heterocycles. The summed E-state index contributed by atoms with van der Waals surface area (Å²) in [5, 5.41) is 11.9. The Labute approximate surface area is 138 Å². The summed E-state index contributed by atoms with van der Waals surface area (Å²) in [6.45, 7) is 1.84. The lowest BCUT2D eigenvalue weighted by Gasteiger charge is -2.29. The van der Waals surface area contributed by atoms with Crippen LogP contribution in [0.25, 0.3) is 0 Å². The Bertz CT molecular complexity index is 771. The molecule has 1 unspecified atom stereocenters. The summed E-state index contributed by atoms with van der Waals surface area (Å²) in [5.74, 6) is -1.37. The lowest BCUT2D eigenvalue weighted by molar-refractivity contribution is -0.124. The lowest BCUT2D eigenvalue weighted by Crippen LogP contribution is -2.36. The number of halogens is 1. The van der Waals surface area contributed by atoms with Gasteiger partial charge in [0.1, 0.15) is 10.8 Å². The van der Waals surface area contributed by atoms with E-state index in [1.807, 2.05) is 12.3 Å². The van der Waals surface area contributed by atoms with Gasteiger partial charge in [-0.15, -0.1) is 11.3 Å². The molecule has 1 heterocycles. The summed E-state index contributed by atoms with van der Waals surface area (Å²) in [6, 6.07) is 8.37. The van der Waals surface area contributed by atoms with Crippen LogP contribution in [0.1, 0.15) is 47.9 Å². The summed E-state index contributed by atoms with van der Waals surface area (Å²) in [4.78, 5) is 17.6. The molecule has 118 valence electrons. The van der Waals surface area contributed by atoms with Gasteiger partial charge in [-0.3, -0.25) is 4.79 Å². The predicted molar refractivity (Wildman–Crippen MR) is 86.8 cm³/mol. The molecular weight excluding hydrogens is 311 g/mol. The molecule has 1 fully saturated rings. The van der Waals surface area contributed by atoms with E-state index in [0.29, 0.717) is 23.4 Å². The number of benzene rings is 1. The Morgan fingerprint density at radius 1 is 1.43 bits per heavy atom. The first-order valence-electron chi connectivity index (χ1n) is 7.69. The van der Waals surface area contributed by atoms with Crippen LogP contribution in [0.5, 0.6) is 0 Å². The number of aryl methyl sites for hydroxylation is 1. The van der Waals surface area contributed by atoms with Gasteiger partial charge in [-0.05, 0) is 37.5 Å². The summed E-state index contributed by atoms with van der Waals surface area (Å²) in [7, 11) is 0. The van der Waals surface area contributed by atoms with E-state index in [-0.39, 0.29) is 11.6 Å². The van der Waals surface area contributed by atoms with Crippen LogP contribution in [-0.4, -0.2) is 10.8 Å². The Balaban J connectivity index is 2.04. The van der Waals surface area contributed by atoms with E-state index >= 15 is 0 Å². The van der Waals surface area contributed by atoms with E-state index in [2.05, 4.69) is 11.1 Å². The monoisotopic (exact) mass is 328 g/mol. The highest BCUT2D eigenvalue weighted by atomic mass is 32.1. The van der Waals surface area contributed by atoms with E-state index in [1.165, 1.54) is 23.5 Å². The van der Waals surface area contributed by atoms with Crippen molar-refractivity contribution in [3.63, 3.8) is 0 Å². The molecule has 1 aliphatic carbocycles. The van der Waals surface area contributed by atoms with Crippen molar-refractivity contribution in [1.82, 2.24) is 4.98 Å².